The summed E-state index contributed by atoms with van der Waals surface area (Å²) in [5.74, 6) is 1.26. The minimum atomic E-state index is 0.126. The monoisotopic (exact) mass is 312 g/mol. The SMILES string of the molecule is COc1ccc(CN2CCC(N)C(C)(C)C2)c(Cl)c1OC. The molecule has 2 N–H and O–H groups in total. The second-order valence-corrected chi connectivity index (χ2v) is 6.75. The molecule has 2 rings (SSSR count). The van der Waals surface area contributed by atoms with Crippen LogP contribution in [0.2, 0.25) is 5.02 Å². The van der Waals surface area contributed by atoms with E-state index >= 15 is 0 Å². The molecular weight excluding hydrogens is 288 g/mol. The van der Waals surface area contributed by atoms with Crippen LogP contribution in [-0.4, -0.2) is 38.3 Å². The van der Waals surface area contributed by atoms with Gasteiger partial charge in [-0.15, -0.1) is 0 Å². The number of nitrogens with zero attached hydrogens (tertiary/aromatic N) is 1. The van der Waals surface area contributed by atoms with Crippen molar-refractivity contribution < 1.29 is 9.47 Å². The van der Waals surface area contributed by atoms with Gasteiger partial charge in [-0.05, 0) is 23.5 Å². The molecule has 1 unspecified atom stereocenters. The molecule has 0 radical (unpaired) electrons. The molecule has 1 atom stereocenters. The normalized spacial score (nSPS) is 22.1. The molecule has 1 saturated heterocycles. The summed E-state index contributed by atoms with van der Waals surface area (Å²) in [5.41, 5.74) is 7.37. The van der Waals surface area contributed by atoms with Crippen molar-refractivity contribution in [1.82, 2.24) is 4.90 Å². The highest BCUT2D eigenvalue weighted by atomic mass is 35.5. The number of ether oxygens (including phenoxy) is 2. The van der Waals surface area contributed by atoms with Crippen LogP contribution in [0.3, 0.4) is 0 Å². The molecule has 0 aromatic heterocycles. The second kappa shape index (κ2) is 6.42. The van der Waals surface area contributed by atoms with Crippen molar-refractivity contribution in [3.8, 4) is 11.5 Å². The molecule has 1 aliphatic heterocycles. The van der Waals surface area contributed by atoms with Crippen LogP contribution < -0.4 is 15.2 Å². The smallest absolute Gasteiger partial charge is 0.179 e. The van der Waals surface area contributed by atoms with Gasteiger partial charge in [0.1, 0.15) is 0 Å². The number of likely N-dealkylation sites (tertiary alicyclic amines) is 1. The van der Waals surface area contributed by atoms with E-state index in [0.29, 0.717) is 16.5 Å². The topological polar surface area (TPSA) is 47.7 Å². The first-order valence-electron chi connectivity index (χ1n) is 7.26. The van der Waals surface area contributed by atoms with Gasteiger partial charge in [0.05, 0.1) is 19.2 Å². The fraction of sp³-hybridized carbons (Fsp3) is 0.625. The molecule has 0 amide bonds. The van der Waals surface area contributed by atoms with Crippen LogP contribution >= 0.6 is 11.6 Å². The lowest BCUT2D eigenvalue weighted by atomic mass is 9.79. The van der Waals surface area contributed by atoms with E-state index in [2.05, 4.69) is 18.7 Å². The lowest BCUT2D eigenvalue weighted by molar-refractivity contribution is 0.0898. The summed E-state index contributed by atoms with van der Waals surface area (Å²) in [6, 6.07) is 4.17. The number of halogens is 1. The predicted octanol–water partition coefficient (Wildman–Crippen LogP) is 2.92. The first-order chi connectivity index (χ1) is 9.89. The van der Waals surface area contributed by atoms with Gasteiger partial charge in [-0.2, -0.15) is 0 Å². The third kappa shape index (κ3) is 3.44. The minimum absolute atomic E-state index is 0.126. The molecule has 0 saturated carbocycles. The maximum atomic E-state index is 6.46. The molecule has 5 heteroatoms. The van der Waals surface area contributed by atoms with Crippen molar-refractivity contribution >= 4 is 11.6 Å². The van der Waals surface area contributed by atoms with Gasteiger partial charge in [0, 0.05) is 25.7 Å². The Morgan fingerprint density at radius 2 is 2.05 bits per heavy atom. The Hall–Kier alpha value is -0.970. The van der Waals surface area contributed by atoms with Crippen molar-refractivity contribution in [2.24, 2.45) is 11.1 Å². The summed E-state index contributed by atoms with van der Waals surface area (Å²) >= 11 is 6.46. The molecule has 1 heterocycles. The van der Waals surface area contributed by atoms with Gasteiger partial charge in [0.2, 0.25) is 0 Å². The van der Waals surface area contributed by atoms with E-state index in [0.717, 1.165) is 31.6 Å². The number of rotatable bonds is 4. The van der Waals surface area contributed by atoms with Gasteiger partial charge in [-0.1, -0.05) is 31.5 Å². The Balaban J connectivity index is 2.17. The average molecular weight is 313 g/mol. The number of hydrogen-bond acceptors (Lipinski definition) is 4. The predicted molar refractivity (Wildman–Crippen MR) is 86.2 cm³/mol. The lowest BCUT2D eigenvalue weighted by Gasteiger charge is -2.42. The number of benzene rings is 1. The quantitative estimate of drug-likeness (QED) is 0.928. The Bertz CT molecular complexity index is 505. The second-order valence-electron chi connectivity index (χ2n) is 6.37. The van der Waals surface area contributed by atoms with Gasteiger partial charge < -0.3 is 15.2 Å². The zero-order chi connectivity index (χ0) is 15.6. The number of piperidine rings is 1. The minimum Gasteiger partial charge on any atom is -0.493 e. The van der Waals surface area contributed by atoms with Crippen molar-refractivity contribution in [1.29, 1.82) is 0 Å². The highest BCUT2D eigenvalue weighted by Crippen LogP contribution is 2.38. The van der Waals surface area contributed by atoms with Crippen molar-refractivity contribution in [3.63, 3.8) is 0 Å². The fourth-order valence-electron chi connectivity index (χ4n) is 2.91. The molecule has 21 heavy (non-hydrogen) atoms. The summed E-state index contributed by atoms with van der Waals surface area (Å²) in [6.07, 6.45) is 1.01. The zero-order valence-corrected chi connectivity index (χ0v) is 14.0. The van der Waals surface area contributed by atoms with E-state index in [1.165, 1.54) is 0 Å². The third-order valence-electron chi connectivity index (χ3n) is 4.35. The molecule has 0 aliphatic carbocycles. The van der Waals surface area contributed by atoms with E-state index in [-0.39, 0.29) is 11.5 Å². The molecule has 1 aliphatic rings. The Morgan fingerprint density at radius 1 is 1.33 bits per heavy atom. The molecule has 118 valence electrons. The number of hydrogen-bond donors (Lipinski definition) is 1. The van der Waals surface area contributed by atoms with Crippen molar-refractivity contribution in [2.45, 2.75) is 32.9 Å². The van der Waals surface area contributed by atoms with Gasteiger partial charge >= 0.3 is 0 Å². The molecule has 0 spiro atoms. The first kappa shape index (κ1) is 16.4. The maximum Gasteiger partial charge on any atom is 0.179 e. The Labute approximate surface area is 132 Å². The summed E-state index contributed by atoms with van der Waals surface area (Å²) in [7, 11) is 3.22. The van der Waals surface area contributed by atoms with Gasteiger partial charge in [-0.3, -0.25) is 4.90 Å². The standard InChI is InChI=1S/C16H25ClN2O2/c1-16(2)10-19(8-7-13(16)18)9-11-5-6-12(20-3)15(21-4)14(11)17/h5-6,13H,7-10,18H2,1-4H3. The van der Waals surface area contributed by atoms with Crippen molar-refractivity contribution in [3.05, 3.63) is 22.7 Å². The average Bonchev–Trinajstić information content (AvgIpc) is 2.44. The molecule has 1 fully saturated rings. The van der Waals surface area contributed by atoms with Crippen molar-refractivity contribution in [2.75, 3.05) is 27.3 Å². The van der Waals surface area contributed by atoms with E-state index in [9.17, 15) is 0 Å². The van der Waals surface area contributed by atoms with Crippen LogP contribution in [0.1, 0.15) is 25.8 Å². The number of nitrogens with two attached hydrogens (primary N) is 1. The molecule has 0 bridgehead atoms. The molecule has 1 aromatic carbocycles. The van der Waals surface area contributed by atoms with Gasteiger partial charge in [-0.25, -0.2) is 0 Å². The largest absolute Gasteiger partial charge is 0.493 e. The van der Waals surface area contributed by atoms with Crippen LogP contribution in [0.5, 0.6) is 11.5 Å². The van der Waals surface area contributed by atoms with Crippen LogP contribution in [0.25, 0.3) is 0 Å². The zero-order valence-electron chi connectivity index (χ0n) is 13.3. The van der Waals surface area contributed by atoms with Gasteiger partial charge in [0.15, 0.2) is 11.5 Å². The Morgan fingerprint density at radius 3 is 2.62 bits per heavy atom. The van der Waals surface area contributed by atoms with Crippen LogP contribution in [-0.2, 0) is 6.54 Å². The Kier molecular flexibility index (Phi) is 5.02. The summed E-state index contributed by atoms with van der Waals surface area (Å²) in [4.78, 5) is 2.40. The van der Waals surface area contributed by atoms with Crippen LogP contribution in [0.4, 0.5) is 0 Å². The van der Waals surface area contributed by atoms with Crippen LogP contribution in [0.15, 0.2) is 12.1 Å². The maximum absolute atomic E-state index is 6.46. The van der Waals surface area contributed by atoms with E-state index < -0.39 is 0 Å². The molecule has 4 nitrogen and oxygen atoms in total. The summed E-state index contributed by atoms with van der Waals surface area (Å²) < 4.78 is 10.6. The lowest BCUT2D eigenvalue weighted by Crippen LogP contribution is -2.52. The van der Waals surface area contributed by atoms with E-state index in [4.69, 9.17) is 26.8 Å². The van der Waals surface area contributed by atoms with E-state index in [1.54, 1.807) is 14.2 Å². The summed E-state index contributed by atoms with van der Waals surface area (Å²) in [6.45, 7) is 7.21. The molecular formula is C16H25ClN2O2. The first-order valence-corrected chi connectivity index (χ1v) is 7.64. The van der Waals surface area contributed by atoms with E-state index in [1.807, 2.05) is 12.1 Å². The molecule has 1 aromatic rings. The summed E-state index contributed by atoms with van der Waals surface area (Å²) in [5, 5.41) is 0.629. The number of methoxy groups -OCH3 is 2. The van der Waals surface area contributed by atoms with Crippen LogP contribution in [0, 0.1) is 5.41 Å². The van der Waals surface area contributed by atoms with Gasteiger partial charge in [0.25, 0.3) is 0 Å². The highest BCUT2D eigenvalue weighted by molar-refractivity contribution is 6.33. The highest BCUT2D eigenvalue weighted by Gasteiger charge is 2.33. The third-order valence-corrected chi connectivity index (χ3v) is 4.76. The fourth-order valence-corrected chi connectivity index (χ4v) is 3.21.